The van der Waals surface area contributed by atoms with Crippen molar-refractivity contribution in [1.82, 2.24) is 0 Å². The van der Waals surface area contributed by atoms with Crippen LogP contribution < -0.4 is 0 Å². The molecule has 2 aliphatic heterocycles. The highest BCUT2D eigenvalue weighted by molar-refractivity contribution is 5.13. The molecule has 0 amide bonds. The Bertz CT molecular complexity index is 394. The molecule has 0 saturated carbocycles. The summed E-state index contributed by atoms with van der Waals surface area (Å²) in [7, 11) is 1.72. The third kappa shape index (κ3) is 2.98. The minimum atomic E-state index is 0.0360. The third-order valence-corrected chi connectivity index (χ3v) is 3.82. The summed E-state index contributed by atoms with van der Waals surface area (Å²) < 4.78 is 23.0. The predicted molar refractivity (Wildman–Crippen MR) is 69.9 cm³/mol. The van der Waals surface area contributed by atoms with E-state index in [4.69, 9.17) is 18.9 Å². The molecule has 0 N–H and O–H groups in total. The van der Waals surface area contributed by atoms with Gasteiger partial charge in [0.05, 0.1) is 32.0 Å². The van der Waals surface area contributed by atoms with Gasteiger partial charge in [0.15, 0.2) is 0 Å². The van der Waals surface area contributed by atoms with Gasteiger partial charge in [0, 0.05) is 13.5 Å². The number of rotatable bonds is 4. The van der Waals surface area contributed by atoms with Crippen LogP contribution in [0.4, 0.5) is 0 Å². The molecule has 104 valence electrons. The van der Waals surface area contributed by atoms with Crippen LogP contribution >= 0.6 is 0 Å². The normalized spacial score (nSPS) is 34.2. The van der Waals surface area contributed by atoms with E-state index in [1.165, 1.54) is 5.56 Å². The van der Waals surface area contributed by atoms with E-state index in [1.54, 1.807) is 7.11 Å². The van der Waals surface area contributed by atoms with Gasteiger partial charge in [-0.25, -0.2) is 0 Å². The summed E-state index contributed by atoms with van der Waals surface area (Å²) in [5, 5.41) is 0. The van der Waals surface area contributed by atoms with Crippen molar-refractivity contribution in [3.63, 3.8) is 0 Å². The van der Waals surface area contributed by atoms with Crippen LogP contribution in [-0.2, 0) is 25.6 Å². The molecule has 1 aromatic carbocycles. The van der Waals surface area contributed by atoms with Crippen LogP contribution in [0.5, 0.6) is 0 Å². The lowest BCUT2D eigenvalue weighted by Gasteiger charge is -2.43. The van der Waals surface area contributed by atoms with E-state index in [-0.39, 0.29) is 24.4 Å². The SMILES string of the molecule is CO[C@@H]1C[C@H](OCc2ccccc2)C2COC[C@@H]1O2. The Labute approximate surface area is 113 Å². The Morgan fingerprint density at radius 1 is 1.11 bits per heavy atom. The molecule has 3 rings (SSSR count). The van der Waals surface area contributed by atoms with Crippen molar-refractivity contribution in [2.75, 3.05) is 20.3 Å². The zero-order chi connectivity index (χ0) is 13.1. The second-order valence-corrected chi connectivity index (χ2v) is 5.10. The molecule has 2 saturated heterocycles. The Morgan fingerprint density at radius 3 is 2.58 bits per heavy atom. The third-order valence-electron chi connectivity index (χ3n) is 3.82. The maximum absolute atomic E-state index is 6.00. The average Bonchev–Trinajstić information content (AvgIpc) is 2.48. The summed E-state index contributed by atoms with van der Waals surface area (Å²) in [5.74, 6) is 0. The number of fused-ring (bicyclic) bond motifs is 2. The quantitative estimate of drug-likeness (QED) is 0.830. The summed E-state index contributed by atoms with van der Waals surface area (Å²) in [4.78, 5) is 0. The van der Waals surface area contributed by atoms with Crippen LogP contribution in [0.1, 0.15) is 12.0 Å². The number of ether oxygens (including phenoxy) is 4. The molecular weight excluding hydrogens is 244 g/mol. The zero-order valence-electron chi connectivity index (χ0n) is 11.2. The van der Waals surface area contributed by atoms with Crippen LogP contribution in [-0.4, -0.2) is 44.7 Å². The topological polar surface area (TPSA) is 36.9 Å². The van der Waals surface area contributed by atoms with Crippen molar-refractivity contribution in [1.29, 1.82) is 0 Å². The summed E-state index contributed by atoms with van der Waals surface area (Å²) in [6, 6.07) is 10.2. The van der Waals surface area contributed by atoms with Crippen molar-refractivity contribution in [3.8, 4) is 0 Å². The van der Waals surface area contributed by atoms with E-state index in [2.05, 4.69) is 12.1 Å². The highest BCUT2D eigenvalue weighted by atomic mass is 16.6. The lowest BCUT2D eigenvalue weighted by Crippen LogP contribution is -2.55. The standard InChI is InChI=1S/C15H20O4/c1-16-12-7-13(15-10-17-9-14(12)19-15)18-8-11-5-3-2-4-6-11/h2-6,12-15H,7-10H2,1H3/t12-,13+,14+,15?/m1/s1. The first kappa shape index (κ1) is 13.1. The molecule has 4 heteroatoms. The van der Waals surface area contributed by atoms with Gasteiger partial charge in [-0.1, -0.05) is 30.3 Å². The van der Waals surface area contributed by atoms with E-state index in [1.807, 2.05) is 18.2 Å². The number of hydrogen-bond acceptors (Lipinski definition) is 4. The van der Waals surface area contributed by atoms with Crippen molar-refractivity contribution >= 4 is 0 Å². The largest absolute Gasteiger partial charge is 0.379 e. The summed E-state index contributed by atoms with van der Waals surface area (Å²) in [6.45, 7) is 1.85. The fourth-order valence-electron chi connectivity index (χ4n) is 2.73. The van der Waals surface area contributed by atoms with Crippen LogP contribution in [0.2, 0.25) is 0 Å². The first-order chi connectivity index (χ1) is 9.36. The molecule has 1 aromatic rings. The van der Waals surface area contributed by atoms with Crippen molar-refractivity contribution in [3.05, 3.63) is 35.9 Å². The molecule has 1 unspecified atom stereocenters. The highest BCUT2D eigenvalue weighted by Crippen LogP contribution is 2.28. The van der Waals surface area contributed by atoms with Gasteiger partial charge in [-0.3, -0.25) is 0 Å². The Kier molecular flexibility index (Phi) is 4.13. The Balaban J connectivity index is 1.60. The van der Waals surface area contributed by atoms with E-state index in [0.29, 0.717) is 19.8 Å². The highest BCUT2D eigenvalue weighted by Gasteiger charge is 2.41. The van der Waals surface area contributed by atoms with E-state index < -0.39 is 0 Å². The van der Waals surface area contributed by atoms with Crippen LogP contribution in [0.15, 0.2) is 30.3 Å². The minimum absolute atomic E-state index is 0.0360. The molecule has 0 aromatic heterocycles. The van der Waals surface area contributed by atoms with Crippen molar-refractivity contribution < 1.29 is 18.9 Å². The van der Waals surface area contributed by atoms with Gasteiger partial charge < -0.3 is 18.9 Å². The van der Waals surface area contributed by atoms with Gasteiger partial charge in [0.2, 0.25) is 0 Å². The van der Waals surface area contributed by atoms with Crippen molar-refractivity contribution in [2.24, 2.45) is 0 Å². The fourth-order valence-corrected chi connectivity index (χ4v) is 2.73. The van der Waals surface area contributed by atoms with E-state index >= 15 is 0 Å². The molecule has 2 fully saturated rings. The number of hydrogen-bond donors (Lipinski definition) is 0. The molecule has 2 bridgehead atoms. The first-order valence-electron chi connectivity index (χ1n) is 6.78. The monoisotopic (exact) mass is 264 g/mol. The summed E-state index contributed by atoms with van der Waals surface area (Å²) >= 11 is 0. The maximum atomic E-state index is 6.00. The molecule has 19 heavy (non-hydrogen) atoms. The smallest absolute Gasteiger partial charge is 0.108 e. The molecule has 4 nitrogen and oxygen atoms in total. The second-order valence-electron chi connectivity index (χ2n) is 5.10. The van der Waals surface area contributed by atoms with E-state index in [9.17, 15) is 0 Å². The number of benzene rings is 1. The predicted octanol–water partition coefficient (Wildman–Crippen LogP) is 1.77. The lowest BCUT2D eigenvalue weighted by atomic mass is 9.97. The Morgan fingerprint density at radius 2 is 1.84 bits per heavy atom. The molecule has 0 spiro atoms. The van der Waals surface area contributed by atoms with Gasteiger partial charge in [0.25, 0.3) is 0 Å². The van der Waals surface area contributed by atoms with Gasteiger partial charge in [-0.05, 0) is 5.56 Å². The molecular formula is C15H20O4. The average molecular weight is 264 g/mol. The fraction of sp³-hybridized carbons (Fsp3) is 0.600. The van der Waals surface area contributed by atoms with Gasteiger partial charge in [-0.2, -0.15) is 0 Å². The number of methoxy groups -OCH3 is 1. The van der Waals surface area contributed by atoms with Gasteiger partial charge in [-0.15, -0.1) is 0 Å². The van der Waals surface area contributed by atoms with Gasteiger partial charge in [0.1, 0.15) is 12.2 Å². The Hall–Kier alpha value is -0.940. The molecule has 2 heterocycles. The summed E-state index contributed by atoms with van der Waals surface area (Å²) in [5.41, 5.74) is 1.18. The molecule has 0 radical (unpaired) electrons. The van der Waals surface area contributed by atoms with Crippen molar-refractivity contribution in [2.45, 2.75) is 37.4 Å². The minimum Gasteiger partial charge on any atom is -0.379 e. The first-order valence-corrected chi connectivity index (χ1v) is 6.78. The molecule has 0 aliphatic carbocycles. The van der Waals surface area contributed by atoms with Gasteiger partial charge >= 0.3 is 0 Å². The second kappa shape index (κ2) is 6.01. The lowest BCUT2D eigenvalue weighted by molar-refractivity contribution is -0.250. The van der Waals surface area contributed by atoms with Crippen LogP contribution in [0.25, 0.3) is 0 Å². The maximum Gasteiger partial charge on any atom is 0.108 e. The molecule has 2 aliphatic rings. The molecule has 4 atom stereocenters. The van der Waals surface area contributed by atoms with Crippen LogP contribution in [0, 0.1) is 0 Å². The van der Waals surface area contributed by atoms with E-state index in [0.717, 1.165) is 6.42 Å². The van der Waals surface area contributed by atoms with Crippen LogP contribution in [0.3, 0.4) is 0 Å². The summed E-state index contributed by atoms with van der Waals surface area (Å²) in [6.07, 6.45) is 1.08. The zero-order valence-corrected chi connectivity index (χ0v) is 11.2.